The lowest BCUT2D eigenvalue weighted by molar-refractivity contribution is 0.890. The van der Waals surface area contributed by atoms with E-state index in [-0.39, 0.29) is 0 Å². The van der Waals surface area contributed by atoms with Gasteiger partial charge in [-0.25, -0.2) is 0 Å². The van der Waals surface area contributed by atoms with Crippen molar-refractivity contribution >= 4 is 27.6 Å². The van der Waals surface area contributed by atoms with E-state index in [4.69, 9.17) is 0 Å². The highest BCUT2D eigenvalue weighted by Crippen LogP contribution is 2.15. The summed E-state index contributed by atoms with van der Waals surface area (Å²) in [4.78, 5) is 0. The zero-order valence-electron chi connectivity index (χ0n) is 12.8. The molecule has 0 aliphatic rings. The average Bonchev–Trinajstić information content (AvgIpc) is 2.54. The molecule has 21 heavy (non-hydrogen) atoms. The molecule has 1 nitrogen and oxygen atoms in total. The molecule has 1 radical (unpaired) electrons. The monoisotopic (exact) mass is 308 g/mol. The summed E-state index contributed by atoms with van der Waals surface area (Å²) in [6, 6.07) is 21.5. The van der Waals surface area contributed by atoms with Crippen LogP contribution in [-0.2, 0) is 0 Å². The molecule has 0 N–H and O–H groups in total. The van der Waals surface area contributed by atoms with Crippen LogP contribution >= 0.6 is 0 Å². The minimum Gasteiger partial charge on any atom is -0.421 e. The Kier molecular flexibility index (Phi) is 4.99. The lowest BCUT2D eigenvalue weighted by atomic mass is 10.4. The fourth-order valence-electron chi connectivity index (χ4n) is 2.84. The van der Waals surface area contributed by atoms with Crippen LogP contribution in [-0.4, -0.2) is 21.4 Å². The Balaban J connectivity index is 2.74. The van der Waals surface area contributed by atoms with Gasteiger partial charge in [0.25, 0.3) is 0 Å². The molecule has 2 rings (SSSR count). The van der Waals surface area contributed by atoms with Gasteiger partial charge in [0, 0.05) is 0 Å². The quantitative estimate of drug-likeness (QED) is 0.741. The van der Waals surface area contributed by atoms with Crippen molar-refractivity contribution < 1.29 is 0 Å². The second-order valence-corrected chi connectivity index (χ2v) is 11.6. The summed E-state index contributed by atoms with van der Waals surface area (Å²) < 4.78 is 2.50. The standard InChI is InChI=1S/C18H22NSi2/c1-5-19(20(3)4)21(6-2,17-13-9-7-10-14-17)18-15-11-8-12-16-18/h5-16H,1-2H2,3-4H3. The first-order valence-electron chi connectivity index (χ1n) is 7.13. The molecule has 0 saturated carbocycles. The van der Waals surface area contributed by atoms with Gasteiger partial charge < -0.3 is 4.23 Å². The van der Waals surface area contributed by atoms with E-state index in [1.807, 2.05) is 6.20 Å². The second kappa shape index (κ2) is 6.74. The summed E-state index contributed by atoms with van der Waals surface area (Å²) in [7, 11) is -2.87. The molecule has 0 bridgehead atoms. The maximum Gasteiger partial charge on any atom is 0.236 e. The second-order valence-electron chi connectivity index (χ2n) is 5.20. The number of nitrogens with zero attached hydrogens (tertiary/aromatic N) is 1. The first-order chi connectivity index (χ1) is 10.2. The van der Waals surface area contributed by atoms with Gasteiger partial charge in [0.05, 0.1) is 0 Å². The third kappa shape index (κ3) is 2.80. The van der Waals surface area contributed by atoms with Crippen molar-refractivity contribution in [3.63, 3.8) is 0 Å². The van der Waals surface area contributed by atoms with Gasteiger partial charge in [0.15, 0.2) is 8.96 Å². The van der Waals surface area contributed by atoms with Crippen molar-refractivity contribution in [3.05, 3.63) is 85.7 Å². The fraction of sp³-hybridized carbons (Fsp3) is 0.111. The van der Waals surface area contributed by atoms with E-state index in [0.717, 1.165) is 0 Å². The predicted octanol–water partition coefficient (Wildman–Crippen LogP) is 3.17. The summed E-state index contributed by atoms with van der Waals surface area (Å²) in [5.41, 5.74) is 2.18. The molecule has 0 atom stereocenters. The molecule has 0 saturated heterocycles. The predicted molar refractivity (Wildman–Crippen MR) is 97.6 cm³/mol. The molecule has 0 heterocycles. The third-order valence-corrected chi connectivity index (χ3v) is 11.3. The van der Waals surface area contributed by atoms with Crippen LogP contribution in [0.4, 0.5) is 0 Å². The van der Waals surface area contributed by atoms with Crippen LogP contribution in [0.2, 0.25) is 13.1 Å². The molecule has 0 aliphatic carbocycles. The summed E-state index contributed by atoms with van der Waals surface area (Å²) in [6.07, 6.45) is 2.02. The largest absolute Gasteiger partial charge is 0.421 e. The van der Waals surface area contributed by atoms with Crippen LogP contribution < -0.4 is 10.4 Å². The van der Waals surface area contributed by atoms with Crippen molar-refractivity contribution in [2.24, 2.45) is 0 Å². The molecule has 0 fully saturated rings. The van der Waals surface area contributed by atoms with Gasteiger partial charge in [0.1, 0.15) is 0 Å². The molecule has 0 spiro atoms. The van der Waals surface area contributed by atoms with Crippen molar-refractivity contribution in [2.75, 3.05) is 0 Å². The molecule has 107 valence electrons. The van der Waals surface area contributed by atoms with Crippen LogP contribution in [0, 0.1) is 0 Å². The Morgan fingerprint density at radius 1 is 0.857 bits per heavy atom. The van der Waals surface area contributed by atoms with Crippen LogP contribution in [0.1, 0.15) is 0 Å². The topological polar surface area (TPSA) is 3.24 Å². The lowest BCUT2D eigenvalue weighted by Gasteiger charge is -2.42. The molecule has 0 amide bonds. The Labute approximate surface area is 131 Å². The van der Waals surface area contributed by atoms with E-state index in [1.165, 1.54) is 10.4 Å². The van der Waals surface area contributed by atoms with Crippen molar-refractivity contribution in [1.29, 1.82) is 0 Å². The first kappa shape index (κ1) is 15.5. The van der Waals surface area contributed by atoms with Crippen LogP contribution in [0.25, 0.3) is 0 Å². The van der Waals surface area contributed by atoms with Crippen molar-refractivity contribution in [3.8, 4) is 0 Å². The number of hydrogen-bond acceptors (Lipinski definition) is 1. The number of rotatable bonds is 6. The van der Waals surface area contributed by atoms with Crippen LogP contribution in [0.5, 0.6) is 0 Å². The molecule has 2 aromatic rings. The van der Waals surface area contributed by atoms with Crippen molar-refractivity contribution in [1.82, 2.24) is 4.23 Å². The highest BCUT2D eigenvalue weighted by molar-refractivity contribution is 7.07. The highest BCUT2D eigenvalue weighted by Gasteiger charge is 2.40. The third-order valence-electron chi connectivity index (χ3n) is 3.77. The van der Waals surface area contributed by atoms with Gasteiger partial charge in [0.2, 0.25) is 8.24 Å². The smallest absolute Gasteiger partial charge is 0.236 e. The Morgan fingerprint density at radius 3 is 1.57 bits per heavy atom. The van der Waals surface area contributed by atoms with Gasteiger partial charge in [-0.15, -0.1) is 6.58 Å². The average molecular weight is 309 g/mol. The van der Waals surface area contributed by atoms with Gasteiger partial charge in [-0.1, -0.05) is 86.0 Å². The summed E-state index contributed by atoms with van der Waals surface area (Å²) in [6.45, 7) is 12.9. The van der Waals surface area contributed by atoms with E-state index in [2.05, 4.69) is 96.8 Å². The van der Waals surface area contributed by atoms with E-state index in [1.54, 1.807) is 0 Å². The Bertz CT molecular complexity index is 554. The molecule has 2 aromatic carbocycles. The SMILES string of the molecule is C=CN([Si](C)C)[Si](C=C)(c1ccccc1)c1ccccc1. The maximum absolute atomic E-state index is 4.23. The van der Waals surface area contributed by atoms with Gasteiger partial charge >= 0.3 is 0 Å². The summed E-state index contributed by atoms with van der Waals surface area (Å²) in [5.74, 6) is 0. The highest BCUT2D eigenvalue weighted by atomic mass is 28.4. The van der Waals surface area contributed by atoms with E-state index in [9.17, 15) is 0 Å². The minimum absolute atomic E-state index is 0.681. The Hall–Kier alpha value is -1.85. The molecular formula is C18H22NSi2. The van der Waals surface area contributed by atoms with Gasteiger partial charge in [-0.05, 0) is 16.6 Å². The zero-order valence-corrected chi connectivity index (χ0v) is 14.8. The van der Waals surface area contributed by atoms with E-state index < -0.39 is 17.2 Å². The van der Waals surface area contributed by atoms with Crippen LogP contribution in [0.3, 0.4) is 0 Å². The summed E-state index contributed by atoms with van der Waals surface area (Å²) >= 11 is 0. The molecule has 0 aliphatic heterocycles. The van der Waals surface area contributed by atoms with E-state index >= 15 is 0 Å². The molecular weight excluding hydrogens is 286 g/mol. The Morgan fingerprint density at radius 2 is 1.29 bits per heavy atom. The fourth-order valence-corrected chi connectivity index (χ4v) is 10.3. The lowest BCUT2D eigenvalue weighted by Crippen LogP contribution is -2.70. The maximum atomic E-state index is 4.23. The van der Waals surface area contributed by atoms with E-state index in [0.29, 0.717) is 0 Å². The zero-order chi connectivity index (χ0) is 15.3. The van der Waals surface area contributed by atoms with Crippen molar-refractivity contribution in [2.45, 2.75) is 13.1 Å². The first-order valence-corrected chi connectivity index (χ1v) is 11.6. The summed E-state index contributed by atoms with van der Waals surface area (Å²) in [5, 5.41) is 2.72. The minimum atomic E-state index is -2.19. The molecule has 3 heteroatoms. The van der Waals surface area contributed by atoms with Gasteiger partial charge in [-0.2, -0.15) is 0 Å². The molecule has 0 unspecified atom stereocenters. The van der Waals surface area contributed by atoms with Gasteiger partial charge in [-0.3, -0.25) is 0 Å². The number of benzene rings is 2. The number of hydrogen-bond donors (Lipinski definition) is 0. The van der Waals surface area contributed by atoms with Crippen LogP contribution in [0.15, 0.2) is 85.7 Å². The molecule has 0 aromatic heterocycles. The normalized spacial score (nSPS) is 11.2.